The fraction of sp³-hybridized carbons (Fsp3) is 0.545. The van der Waals surface area contributed by atoms with Crippen LogP contribution in [-0.4, -0.2) is 23.0 Å². The zero-order chi connectivity index (χ0) is 10.7. The summed E-state index contributed by atoms with van der Waals surface area (Å²) in [7, 11) is 1.37. The molecule has 0 bridgehead atoms. The molecular formula is C11H14N2O2. The van der Waals surface area contributed by atoms with Gasteiger partial charge in [0.15, 0.2) is 0 Å². The predicted molar refractivity (Wildman–Crippen MR) is 54.3 cm³/mol. The van der Waals surface area contributed by atoms with Crippen molar-refractivity contribution in [1.29, 1.82) is 0 Å². The van der Waals surface area contributed by atoms with E-state index in [1.807, 2.05) is 6.07 Å². The van der Waals surface area contributed by atoms with Crippen molar-refractivity contribution in [3.8, 4) is 0 Å². The molecule has 0 N–H and O–H groups in total. The van der Waals surface area contributed by atoms with Crippen LogP contribution in [0.2, 0.25) is 0 Å². The Kier molecular flexibility index (Phi) is 2.94. The summed E-state index contributed by atoms with van der Waals surface area (Å²) in [5.74, 6) is 0.844. The Hall–Kier alpha value is -1.45. The Balaban J connectivity index is 2.08. The van der Waals surface area contributed by atoms with Crippen LogP contribution >= 0.6 is 0 Å². The molecular weight excluding hydrogens is 192 g/mol. The maximum Gasteiger partial charge on any atom is 0.313 e. The third-order valence-electron chi connectivity index (χ3n) is 2.78. The highest BCUT2D eigenvalue weighted by atomic mass is 16.5. The van der Waals surface area contributed by atoms with Crippen molar-refractivity contribution in [2.45, 2.75) is 31.6 Å². The average Bonchev–Trinajstić information content (AvgIpc) is 2.15. The van der Waals surface area contributed by atoms with Gasteiger partial charge in [-0.1, -0.05) is 6.42 Å². The van der Waals surface area contributed by atoms with Gasteiger partial charge in [0.05, 0.1) is 7.11 Å². The lowest BCUT2D eigenvalue weighted by atomic mass is 9.83. The van der Waals surface area contributed by atoms with E-state index in [0.717, 1.165) is 5.69 Å². The van der Waals surface area contributed by atoms with Gasteiger partial charge in [-0.3, -0.25) is 4.79 Å². The van der Waals surface area contributed by atoms with Crippen molar-refractivity contribution in [3.63, 3.8) is 0 Å². The van der Waals surface area contributed by atoms with Crippen LogP contribution in [0.1, 0.15) is 36.7 Å². The zero-order valence-corrected chi connectivity index (χ0v) is 8.77. The first-order valence-corrected chi connectivity index (χ1v) is 5.18. The molecule has 0 amide bonds. The molecule has 0 radical (unpaired) electrons. The van der Waals surface area contributed by atoms with Crippen molar-refractivity contribution in [1.82, 2.24) is 9.97 Å². The van der Waals surface area contributed by atoms with Crippen LogP contribution in [0.25, 0.3) is 0 Å². The van der Waals surface area contributed by atoms with Gasteiger partial charge in [-0.05, 0) is 18.9 Å². The summed E-state index contributed by atoms with van der Waals surface area (Å²) >= 11 is 0. The van der Waals surface area contributed by atoms with Gasteiger partial charge >= 0.3 is 5.97 Å². The van der Waals surface area contributed by atoms with E-state index in [0.29, 0.717) is 11.7 Å². The van der Waals surface area contributed by atoms with Gasteiger partial charge in [0, 0.05) is 17.8 Å². The number of carbonyl (C=O) groups is 1. The van der Waals surface area contributed by atoms with Crippen LogP contribution in [0.5, 0.6) is 0 Å². The Morgan fingerprint density at radius 1 is 1.60 bits per heavy atom. The van der Waals surface area contributed by atoms with Crippen LogP contribution in [0.4, 0.5) is 0 Å². The molecule has 80 valence electrons. The Bertz CT molecular complexity index is 361. The highest BCUT2D eigenvalue weighted by molar-refractivity contribution is 5.71. The van der Waals surface area contributed by atoms with E-state index >= 15 is 0 Å². The lowest BCUT2D eigenvalue weighted by Crippen LogP contribution is -2.14. The number of carbonyl (C=O) groups excluding carboxylic acids is 1. The van der Waals surface area contributed by atoms with Crippen LogP contribution in [-0.2, 0) is 16.0 Å². The highest BCUT2D eigenvalue weighted by Crippen LogP contribution is 2.34. The number of nitrogens with zero attached hydrogens (tertiary/aromatic N) is 2. The Morgan fingerprint density at radius 2 is 2.40 bits per heavy atom. The first kappa shape index (κ1) is 10.1. The molecule has 0 aromatic carbocycles. The van der Waals surface area contributed by atoms with Crippen molar-refractivity contribution in [3.05, 3.63) is 23.8 Å². The number of rotatable bonds is 3. The summed E-state index contributed by atoms with van der Waals surface area (Å²) in [6.45, 7) is 0. The smallest absolute Gasteiger partial charge is 0.313 e. The van der Waals surface area contributed by atoms with E-state index in [4.69, 9.17) is 0 Å². The summed E-state index contributed by atoms with van der Waals surface area (Å²) in [6, 6.07) is 1.94. The lowest BCUT2D eigenvalue weighted by Gasteiger charge is -2.24. The molecule has 15 heavy (non-hydrogen) atoms. The van der Waals surface area contributed by atoms with Gasteiger partial charge in [-0.15, -0.1) is 0 Å². The Labute approximate surface area is 88.7 Å². The molecule has 0 saturated heterocycles. The molecule has 0 atom stereocenters. The van der Waals surface area contributed by atoms with Crippen molar-refractivity contribution >= 4 is 5.97 Å². The highest BCUT2D eigenvalue weighted by Gasteiger charge is 2.21. The minimum absolute atomic E-state index is 0.164. The quantitative estimate of drug-likeness (QED) is 0.702. The SMILES string of the molecule is COC(=O)Cc1nccc(C2CCC2)n1. The molecule has 0 spiro atoms. The normalized spacial score (nSPS) is 15.8. The minimum Gasteiger partial charge on any atom is -0.469 e. The number of aromatic nitrogens is 2. The fourth-order valence-electron chi connectivity index (χ4n) is 1.63. The molecule has 1 aliphatic carbocycles. The molecule has 4 heteroatoms. The van der Waals surface area contributed by atoms with E-state index in [1.165, 1.54) is 26.4 Å². The van der Waals surface area contributed by atoms with E-state index in [9.17, 15) is 4.79 Å². The largest absolute Gasteiger partial charge is 0.469 e. The third kappa shape index (κ3) is 2.32. The summed E-state index contributed by atoms with van der Waals surface area (Å²) in [6.07, 6.45) is 5.57. The Morgan fingerprint density at radius 3 is 3.00 bits per heavy atom. The van der Waals surface area contributed by atoms with E-state index < -0.39 is 0 Å². The number of hydrogen-bond donors (Lipinski definition) is 0. The molecule has 1 aromatic heterocycles. The molecule has 1 saturated carbocycles. The molecule has 1 aromatic rings. The number of ether oxygens (including phenoxy) is 1. The first-order valence-electron chi connectivity index (χ1n) is 5.18. The van der Waals surface area contributed by atoms with Gasteiger partial charge in [0.25, 0.3) is 0 Å². The van der Waals surface area contributed by atoms with Gasteiger partial charge in [-0.25, -0.2) is 9.97 Å². The van der Waals surface area contributed by atoms with E-state index in [2.05, 4.69) is 14.7 Å². The van der Waals surface area contributed by atoms with Crippen LogP contribution in [0.3, 0.4) is 0 Å². The van der Waals surface area contributed by atoms with Crippen LogP contribution < -0.4 is 0 Å². The monoisotopic (exact) mass is 206 g/mol. The van der Waals surface area contributed by atoms with Crippen LogP contribution in [0, 0.1) is 0 Å². The number of methoxy groups -OCH3 is 1. The summed E-state index contributed by atoms with van der Waals surface area (Å²) < 4.78 is 4.58. The second-order valence-electron chi connectivity index (χ2n) is 3.78. The maximum absolute atomic E-state index is 11.0. The first-order chi connectivity index (χ1) is 7.29. The molecule has 1 fully saturated rings. The van der Waals surface area contributed by atoms with Gasteiger partial charge in [0.2, 0.25) is 0 Å². The standard InChI is InChI=1S/C11H14N2O2/c1-15-11(14)7-10-12-6-5-9(13-10)8-3-2-4-8/h5-6,8H,2-4,7H2,1H3. The summed E-state index contributed by atoms with van der Waals surface area (Å²) in [5, 5.41) is 0. The molecule has 4 nitrogen and oxygen atoms in total. The van der Waals surface area contributed by atoms with E-state index in [1.54, 1.807) is 6.20 Å². The fourth-order valence-corrected chi connectivity index (χ4v) is 1.63. The van der Waals surface area contributed by atoms with Gasteiger partial charge in [0.1, 0.15) is 12.2 Å². The zero-order valence-electron chi connectivity index (χ0n) is 8.77. The van der Waals surface area contributed by atoms with Crippen molar-refractivity contribution in [2.75, 3.05) is 7.11 Å². The summed E-state index contributed by atoms with van der Waals surface area (Å²) in [4.78, 5) is 19.5. The van der Waals surface area contributed by atoms with Crippen molar-refractivity contribution in [2.24, 2.45) is 0 Å². The predicted octanol–water partition coefficient (Wildman–Crippen LogP) is 1.46. The summed E-state index contributed by atoms with van der Waals surface area (Å²) in [5.41, 5.74) is 1.06. The second kappa shape index (κ2) is 4.38. The average molecular weight is 206 g/mol. The lowest BCUT2D eigenvalue weighted by molar-refractivity contribution is -0.139. The second-order valence-corrected chi connectivity index (χ2v) is 3.78. The molecule has 1 heterocycles. The van der Waals surface area contributed by atoms with E-state index in [-0.39, 0.29) is 12.4 Å². The molecule has 1 aliphatic rings. The number of esters is 1. The maximum atomic E-state index is 11.0. The van der Waals surface area contributed by atoms with Crippen LogP contribution in [0.15, 0.2) is 12.3 Å². The topological polar surface area (TPSA) is 52.1 Å². The van der Waals surface area contributed by atoms with Gasteiger partial charge in [-0.2, -0.15) is 0 Å². The molecule has 0 aliphatic heterocycles. The minimum atomic E-state index is -0.291. The van der Waals surface area contributed by atoms with Gasteiger partial charge < -0.3 is 4.74 Å². The number of hydrogen-bond acceptors (Lipinski definition) is 4. The molecule has 0 unspecified atom stereocenters. The van der Waals surface area contributed by atoms with Crippen molar-refractivity contribution < 1.29 is 9.53 Å². The molecule has 2 rings (SSSR count). The third-order valence-corrected chi connectivity index (χ3v) is 2.78.